The van der Waals surface area contributed by atoms with Gasteiger partial charge >= 0.3 is 0 Å². The monoisotopic (exact) mass is 170 g/mol. The molecule has 1 aromatic rings. The summed E-state index contributed by atoms with van der Waals surface area (Å²) < 4.78 is 1.67. The Morgan fingerprint density at radius 3 is 2.83 bits per heavy atom. The molecule has 0 spiro atoms. The Hall–Kier alpha value is -0.940. The number of aromatic nitrogens is 3. The van der Waals surface area contributed by atoms with Gasteiger partial charge in [0.2, 0.25) is 0 Å². The average Bonchev–Trinajstić information content (AvgIpc) is 2.48. The van der Waals surface area contributed by atoms with Crippen LogP contribution >= 0.6 is 0 Å². The van der Waals surface area contributed by atoms with Crippen molar-refractivity contribution in [2.75, 3.05) is 0 Å². The van der Waals surface area contributed by atoms with E-state index in [-0.39, 0.29) is 6.04 Å². The van der Waals surface area contributed by atoms with Gasteiger partial charge in [0.15, 0.2) is 5.82 Å². The molecule has 1 unspecified atom stereocenters. The molecular formula is C7H14N4O. The predicted molar refractivity (Wildman–Crippen MR) is 44.2 cm³/mol. The van der Waals surface area contributed by atoms with E-state index in [1.54, 1.807) is 17.9 Å². The predicted octanol–water partition coefficient (Wildman–Crippen LogP) is -0.414. The van der Waals surface area contributed by atoms with Crippen LogP contribution in [-0.2, 0) is 7.05 Å². The number of aliphatic hydroxyl groups is 1. The minimum atomic E-state index is -0.720. The molecule has 3 N–H and O–H groups in total. The van der Waals surface area contributed by atoms with Crippen molar-refractivity contribution in [3.63, 3.8) is 0 Å². The molecule has 1 rings (SSSR count). The van der Waals surface area contributed by atoms with Crippen molar-refractivity contribution < 1.29 is 5.11 Å². The van der Waals surface area contributed by atoms with Crippen LogP contribution in [0, 0.1) is 0 Å². The van der Waals surface area contributed by atoms with E-state index >= 15 is 0 Å². The lowest BCUT2D eigenvalue weighted by Gasteiger charge is -2.15. The van der Waals surface area contributed by atoms with Crippen molar-refractivity contribution in [2.45, 2.75) is 25.5 Å². The highest BCUT2D eigenvalue weighted by Crippen LogP contribution is 2.13. The number of hydrogen-bond donors (Lipinski definition) is 2. The molecule has 5 heteroatoms. The largest absolute Gasteiger partial charge is 0.383 e. The van der Waals surface area contributed by atoms with Crippen LogP contribution in [0.4, 0.5) is 0 Å². The van der Waals surface area contributed by atoms with E-state index in [2.05, 4.69) is 10.2 Å². The van der Waals surface area contributed by atoms with E-state index in [1.165, 1.54) is 0 Å². The maximum atomic E-state index is 9.61. The summed E-state index contributed by atoms with van der Waals surface area (Å²) in [6.45, 7) is 1.92. The lowest BCUT2D eigenvalue weighted by atomic mass is 10.1. The van der Waals surface area contributed by atoms with Crippen LogP contribution < -0.4 is 5.73 Å². The molecule has 12 heavy (non-hydrogen) atoms. The van der Waals surface area contributed by atoms with Crippen molar-refractivity contribution in [3.05, 3.63) is 12.2 Å². The molecule has 0 bridgehead atoms. The fourth-order valence-electron chi connectivity index (χ4n) is 0.975. The zero-order valence-corrected chi connectivity index (χ0v) is 7.31. The van der Waals surface area contributed by atoms with Gasteiger partial charge in [0, 0.05) is 13.1 Å². The first-order valence-electron chi connectivity index (χ1n) is 3.94. The fourth-order valence-corrected chi connectivity index (χ4v) is 0.975. The van der Waals surface area contributed by atoms with E-state index in [4.69, 9.17) is 5.73 Å². The highest BCUT2D eigenvalue weighted by molar-refractivity contribution is 4.94. The molecule has 0 amide bonds. The van der Waals surface area contributed by atoms with Crippen LogP contribution in [0.25, 0.3) is 0 Å². The normalized spacial score (nSPS) is 16.0. The average molecular weight is 170 g/mol. The molecule has 0 aromatic carbocycles. The van der Waals surface area contributed by atoms with Crippen molar-refractivity contribution in [3.8, 4) is 0 Å². The van der Waals surface area contributed by atoms with Crippen LogP contribution in [0.2, 0.25) is 0 Å². The molecular weight excluding hydrogens is 156 g/mol. The van der Waals surface area contributed by atoms with Crippen molar-refractivity contribution in [1.82, 2.24) is 14.8 Å². The van der Waals surface area contributed by atoms with Crippen molar-refractivity contribution in [2.24, 2.45) is 12.8 Å². The molecule has 0 aliphatic rings. The summed E-state index contributed by atoms with van der Waals surface area (Å²) in [4.78, 5) is 0. The molecule has 0 radical (unpaired) electrons. The van der Waals surface area contributed by atoms with Gasteiger partial charge in [-0.25, -0.2) is 0 Å². The van der Waals surface area contributed by atoms with Crippen LogP contribution in [0.5, 0.6) is 0 Å². The first kappa shape index (κ1) is 9.15. The number of aliphatic hydroxyl groups excluding tert-OH is 1. The molecule has 0 fully saturated rings. The first-order valence-corrected chi connectivity index (χ1v) is 3.94. The standard InChI is InChI=1S/C7H14N4O/c1-3-5(8)6(12)7-10-9-4-11(7)2/h4-6,12H,3,8H2,1-2H3/t5-,6?/m1/s1. The molecule has 0 aliphatic carbocycles. The van der Waals surface area contributed by atoms with Gasteiger partial charge in [-0.3, -0.25) is 0 Å². The van der Waals surface area contributed by atoms with E-state index in [9.17, 15) is 5.11 Å². The summed E-state index contributed by atoms with van der Waals surface area (Å²) in [6, 6.07) is -0.270. The summed E-state index contributed by atoms with van der Waals surface area (Å²) in [5.74, 6) is 0.518. The van der Waals surface area contributed by atoms with Crippen LogP contribution in [0.15, 0.2) is 6.33 Å². The van der Waals surface area contributed by atoms with Gasteiger partial charge in [-0.15, -0.1) is 10.2 Å². The lowest BCUT2D eigenvalue weighted by molar-refractivity contribution is 0.131. The van der Waals surface area contributed by atoms with Gasteiger partial charge in [0.05, 0.1) is 0 Å². The molecule has 68 valence electrons. The van der Waals surface area contributed by atoms with Gasteiger partial charge in [0.1, 0.15) is 12.4 Å². The summed E-state index contributed by atoms with van der Waals surface area (Å²) in [6.07, 6.45) is 1.54. The Morgan fingerprint density at radius 2 is 2.42 bits per heavy atom. The molecule has 2 atom stereocenters. The van der Waals surface area contributed by atoms with Gasteiger partial charge in [-0.05, 0) is 6.42 Å². The van der Waals surface area contributed by atoms with Crippen LogP contribution in [0.1, 0.15) is 25.3 Å². The maximum absolute atomic E-state index is 9.61. The molecule has 1 heterocycles. The van der Waals surface area contributed by atoms with E-state index in [0.717, 1.165) is 0 Å². The van der Waals surface area contributed by atoms with Gasteiger partial charge < -0.3 is 15.4 Å². The van der Waals surface area contributed by atoms with E-state index in [0.29, 0.717) is 12.2 Å². The molecule has 0 saturated carbocycles. The molecule has 0 saturated heterocycles. The summed E-state index contributed by atoms with van der Waals surface area (Å²) in [7, 11) is 1.78. The topological polar surface area (TPSA) is 77.0 Å². The summed E-state index contributed by atoms with van der Waals surface area (Å²) >= 11 is 0. The molecule has 0 aliphatic heterocycles. The Kier molecular flexibility index (Phi) is 2.78. The number of aryl methyl sites for hydroxylation is 1. The second kappa shape index (κ2) is 3.64. The number of hydrogen-bond acceptors (Lipinski definition) is 4. The summed E-state index contributed by atoms with van der Waals surface area (Å²) in [5, 5.41) is 17.0. The smallest absolute Gasteiger partial charge is 0.163 e. The zero-order chi connectivity index (χ0) is 9.14. The second-order valence-corrected chi connectivity index (χ2v) is 2.82. The number of rotatable bonds is 3. The highest BCUT2D eigenvalue weighted by atomic mass is 16.3. The third kappa shape index (κ3) is 1.62. The van der Waals surface area contributed by atoms with Gasteiger partial charge in [-0.2, -0.15) is 0 Å². The van der Waals surface area contributed by atoms with E-state index < -0.39 is 6.10 Å². The summed E-state index contributed by atoms with van der Waals surface area (Å²) in [5.41, 5.74) is 5.65. The Balaban J connectivity index is 2.77. The third-order valence-electron chi connectivity index (χ3n) is 1.89. The molecule has 5 nitrogen and oxygen atoms in total. The van der Waals surface area contributed by atoms with Crippen molar-refractivity contribution >= 4 is 0 Å². The van der Waals surface area contributed by atoms with Gasteiger partial charge in [0.25, 0.3) is 0 Å². The second-order valence-electron chi connectivity index (χ2n) is 2.82. The Labute approximate surface area is 71.2 Å². The van der Waals surface area contributed by atoms with Crippen molar-refractivity contribution in [1.29, 1.82) is 0 Å². The first-order chi connectivity index (χ1) is 5.66. The SMILES string of the molecule is CC[C@@H](N)C(O)c1nncn1C. The number of nitrogens with two attached hydrogens (primary N) is 1. The lowest BCUT2D eigenvalue weighted by Crippen LogP contribution is -2.29. The highest BCUT2D eigenvalue weighted by Gasteiger charge is 2.19. The fraction of sp³-hybridized carbons (Fsp3) is 0.714. The number of nitrogens with zero attached hydrogens (tertiary/aromatic N) is 3. The molecule has 1 aromatic heterocycles. The zero-order valence-electron chi connectivity index (χ0n) is 7.31. The third-order valence-corrected chi connectivity index (χ3v) is 1.89. The minimum Gasteiger partial charge on any atom is -0.383 e. The maximum Gasteiger partial charge on any atom is 0.163 e. The minimum absolute atomic E-state index is 0.270. The van der Waals surface area contributed by atoms with Gasteiger partial charge in [-0.1, -0.05) is 6.92 Å². The Bertz CT molecular complexity index is 247. The quantitative estimate of drug-likeness (QED) is 0.646. The van der Waals surface area contributed by atoms with Crippen LogP contribution in [-0.4, -0.2) is 25.9 Å². The van der Waals surface area contributed by atoms with E-state index in [1.807, 2.05) is 6.92 Å². The Morgan fingerprint density at radius 1 is 1.75 bits per heavy atom. The van der Waals surface area contributed by atoms with Crippen LogP contribution in [0.3, 0.4) is 0 Å².